The molecule has 0 saturated heterocycles. The Hall–Kier alpha value is -1.65. The normalized spacial score (nSPS) is 10.5. The van der Waals surface area contributed by atoms with Crippen LogP contribution in [-0.4, -0.2) is 14.5 Å². The maximum atomic E-state index is 4.05. The van der Waals surface area contributed by atoms with Crippen molar-refractivity contribution in [3.8, 4) is 0 Å². The first-order valence-corrected chi connectivity index (χ1v) is 3.69. The summed E-state index contributed by atoms with van der Waals surface area (Å²) in [5.41, 5.74) is 0. The lowest BCUT2D eigenvalue weighted by Crippen LogP contribution is -2.29. The zero-order chi connectivity index (χ0) is 8.55. The van der Waals surface area contributed by atoms with Gasteiger partial charge in [0.05, 0.1) is 7.05 Å². The quantitative estimate of drug-likeness (QED) is 0.480. The molecule has 2 rings (SSSR count). The van der Waals surface area contributed by atoms with E-state index in [1.807, 2.05) is 53.1 Å². The van der Waals surface area contributed by atoms with Crippen molar-refractivity contribution in [2.45, 2.75) is 0 Å². The molecule has 5 heteroatoms. The molecule has 0 aromatic carbocycles. The highest BCUT2D eigenvalue weighted by Gasteiger charge is 2.08. The summed E-state index contributed by atoms with van der Waals surface area (Å²) in [6.07, 6.45) is 9.53. The fourth-order valence-corrected chi connectivity index (χ4v) is 1.06. The third-order valence-corrected chi connectivity index (χ3v) is 1.66. The average Bonchev–Trinajstić information content (AvgIpc) is 2.58. The molecule has 0 N–H and O–H groups in total. The molecule has 0 aliphatic heterocycles. The Labute approximate surface area is 70.1 Å². The van der Waals surface area contributed by atoms with Gasteiger partial charge in [-0.3, -0.25) is 0 Å². The predicted molar refractivity (Wildman–Crippen MR) is 39.8 cm³/mol. The largest absolute Gasteiger partial charge is 0.308 e. The molecule has 0 bridgehead atoms. The van der Waals surface area contributed by atoms with Crippen LogP contribution in [0.5, 0.6) is 0 Å². The van der Waals surface area contributed by atoms with Gasteiger partial charge in [-0.2, -0.15) is 0 Å². The molecule has 12 heavy (non-hydrogen) atoms. The third-order valence-electron chi connectivity index (χ3n) is 1.66. The molecular weight excluding hydrogens is 154 g/mol. The topological polar surface area (TPSA) is 30.5 Å². The average molecular weight is 165 g/mol. The summed E-state index contributed by atoms with van der Waals surface area (Å²) in [4.78, 5) is 0. The molecule has 2 heterocycles. The molecule has 2 aromatic rings. The number of imidazole rings is 1. The van der Waals surface area contributed by atoms with Crippen molar-refractivity contribution in [1.29, 1.82) is 0 Å². The maximum Gasteiger partial charge on any atom is 0.308 e. The van der Waals surface area contributed by atoms with Crippen LogP contribution >= 0.6 is 0 Å². The van der Waals surface area contributed by atoms with Crippen molar-refractivity contribution in [3.63, 3.8) is 0 Å². The smallest absolute Gasteiger partial charge is 0.236 e. The maximum absolute atomic E-state index is 4.05. The van der Waals surface area contributed by atoms with Crippen LogP contribution in [0.1, 0.15) is 0 Å². The molecule has 62 valence electrons. The van der Waals surface area contributed by atoms with E-state index in [4.69, 9.17) is 0 Å². The number of aryl methyl sites for hydroxylation is 2. The predicted octanol–water partition coefficient (Wildman–Crippen LogP) is -1.35. The Balaban J connectivity index is 2.43. The van der Waals surface area contributed by atoms with Gasteiger partial charge in [-0.1, -0.05) is 4.68 Å². The summed E-state index contributed by atoms with van der Waals surface area (Å²) in [5.74, 6) is 0. The Morgan fingerprint density at radius 3 is 2.50 bits per heavy atom. The third kappa shape index (κ3) is 1.09. The number of hydrogen-bond donors (Lipinski definition) is 0. The van der Waals surface area contributed by atoms with Crippen LogP contribution < -0.4 is 9.25 Å². The van der Waals surface area contributed by atoms with Crippen molar-refractivity contribution in [2.75, 3.05) is 0 Å². The summed E-state index contributed by atoms with van der Waals surface area (Å²) < 4.78 is 7.55. The molecular formula is C7H11N5+2. The second-order valence-corrected chi connectivity index (χ2v) is 2.76. The monoisotopic (exact) mass is 165 g/mol. The van der Waals surface area contributed by atoms with E-state index >= 15 is 0 Å². The van der Waals surface area contributed by atoms with Gasteiger partial charge in [-0.05, 0) is 9.77 Å². The molecule has 0 radical (unpaired) electrons. The highest BCUT2D eigenvalue weighted by Crippen LogP contribution is 1.84. The Bertz CT molecular complexity index is 348. The Kier molecular flexibility index (Phi) is 1.43. The first-order chi connectivity index (χ1) is 5.75. The van der Waals surface area contributed by atoms with E-state index in [9.17, 15) is 0 Å². The highest BCUT2D eigenvalue weighted by atomic mass is 15.5. The molecule has 0 amide bonds. The molecule has 5 nitrogen and oxygen atoms in total. The molecule has 0 unspecified atom stereocenters. The lowest BCUT2D eigenvalue weighted by atomic mass is 10.9. The minimum atomic E-state index is 1.75. The van der Waals surface area contributed by atoms with Gasteiger partial charge in [0.2, 0.25) is 0 Å². The summed E-state index contributed by atoms with van der Waals surface area (Å²) in [7, 11) is 3.87. The number of hydrogen-bond acceptors (Lipinski definition) is 1. The van der Waals surface area contributed by atoms with E-state index in [0.29, 0.717) is 0 Å². The number of nitrogens with zero attached hydrogens (tertiary/aromatic N) is 5. The van der Waals surface area contributed by atoms with Gasteiger partial charge < -0.3 is 0 Å². The van der Waals surface area contributed by atoms with Gasteiger partial charge in [0.1, 0.15) is 13.2 Å². The molecule has 0 saturated carbocycles. The van der Waals surface area contributed by atoms with Crippen molar-refractivity contribution in [1.82, 2.24) is 14.5 Å². The van der Waals surface area contributed by atoms with Crippen LogP contribution in [0.4, 0.5) is 0 Å². The van der Waals surface area contributed by atoms with Crippen molar-refractivity contribution in [2.24, 2.45) is 14.1 Å². The van der Waals surface area contributed by atoms with Crippen LogP contribution in [0, 0.1) is 0 Å². The fourth-order valence-electron chi connectivity index (χ4n) is 1.06. The summed E-state index contributed by atoms with van der Waals surface area (Å²) >= 11 is 0. The second kappa shape index (κ2) is 2.44. The lowest BCUT2D eigenvalue weighted by molar-refractivity contribution is -0.728. The van der Waals surface area contributed by atoms with E-state index in [-0.39, 0.29) is 0 Å². The van der Waals surface area contributed by atoms with Gasteiger partial charge in [-0.25, -0.2) is 4.57 Å². The molecule has 2 aromatic heterocycles. The van der Waals surface area contributed by atoms with E-state index in [1.165, 1.54) is 0 Å². The van der Waals surface area contributed by atoms with Crippen LogP contribution in [0.25, 0.3) is 0 Å². The standard InChI is InChI=1S/C7H11N5/c1-9-3-4-11(6-9)12-5-8-10(2)7-12/h3-7H,1-2H3/q+2. The first kappa shape index (κ1) is 7.02. The summed E-state index contributed by atoms with van der Waals surface area (Å²) in [6, 6.07) is 0. The molecule has 0 spiro atoms. The van der Waals surface area contributed by atoms with Crippen molar-refractivity contribution >= 4 is 0 Å². The zero-order valence-corrected chi connectivity index (χ0v) is 7.12. The fraction of sp³-hybridized carbons (Fsp3) is 0.286. The zero-order valence-electron chi connectivity index (χ0n) is 7.12. The van der Waals surface area contributed by atoms with E-state index in [2.05, 4.69) is 5.10 Å². The Morgan fingerprint density at radius 1 is 1.17 bits per heavy atom. The van der Waals surface area contributed by atoms with Crippen LogP contribution in [0.3, 0.4) is 0 Å². The molecule has 0 aliphatic carbocycles. The van der Waals surface area contributed by atoms with Crippen LogP contribution in [-0.2, 0) is 14.1 Å². The SMILES string of the molecule is C[n+]1ccn(-n2cn[n+](C)c2)c1. The molecule has 0 aliphatic rings. The minimum Gasteiger partial charge on any atom is -0.236 e. The van der Waals surface area contributed by atoms with Gasteiger partial charge in [0.15, 0.2) is 6.20 Å². The van der Waals surface area contributed by atoms with Gasteiger partial charge in [-0.15, -0.1) is 4.68 Å². The highest BCUT2D eigenvalue weighted by molar-refractivity contribution is 4.69. The van der Waals surface area contributed by atoms with Gasteiger partial charge in [0.25, 0.3) is 12.7 Å². The summed E-state index contributed by atoms with van der Waals surface area (Å²) in [6.45, 7) is 0. The number of rotatable bonds is 1. The molecule has 0 atom stereocenters. The minimum absolute atomic E-state index is 1.75. The Morgan fingerprint density at radius 2 is 2.00 bits per heavy atom. The number of aromatic nitrogens is 5. The van der Waals surface area contributed by atoms with Crippen molar-refractivity contribution in [3.05, 3.63) is 31.4 Å². The van der Waals surface area contributed by atoms with E-state index in [0.717, 1.165) is 0 Å². The van der Waals surface area contributed by atoms with Crippen LogP contribution in [0.15, 0.2) is 31.4 Å². The lowest BCUT2D eigenvalue weighted by Gasteiger charge is -1.81. The van der Waals surface area contributed by atoms with Gasteiger partial charge >= 0.3 is 6.33 Å². The van der Waals surface area contributed by atoms with E-state index < -0.39 is 0 Å². The first-order valence-electron chi connectivity index (χ1n) is 3.69. The molecule has 0 fully saturated rings. The van der Waals surface area contributed by atoms with Gasteiger partial charge in [0, 0.05) is 0 Å². The van der Waals surface area contributed by atoms with Crippen LogP contribution in [0.2, 0.25) is 0 Å². The van der Waals surface area contributed by atoms with Crippen molar-refractivity contribution < 1.29 is 9.25 Å². The summed E-state index contributed by atoms with van der Waals surface area (Å²) in [5, 5.41) is 4.05. The van der Waals surface area contributed by atoms with E-state index in [1.54, 1.807) is 11.0 Å². The second-order valence-electron chi connectivity index (χ2n) is 2.76.